The fourth-order valence-corrected chi connectivity index (χ4v) is 5.55. The molecule has 2 aliphatic rings. The molecule has 0 unspecified atom stereocenters. The molecule has 0 amide bonds. The lowest BCUT2D eigenvalue weighted by Gasteiger charge is -2.42. The highest BCUT2D eigenvalue weighted by atomic mass is 32.1. The molecule has 30 heavy (non-hydrogen) atoms. The highest BCUT2D eigenvalue weighted by Gasteiger charge is 2.47. The first kappa shape index (κ1) is 19.5. The average molecular weight is 415 g/mol. The third kappa shape index (κ3) is 3.69. The molecule has 2 aromatic carbocycles. The van der Waals surface area contributed by atoms with Crippen LogP contribution in [0.5, 0.6) is 0 Å². The lowest BCUT2D eigenvalue weighted by Crippen LogP contribution is -2.41. The Hall–Kier alpha value is -2.48. The second-order valence-corrected chi connectivity index (χ2v) is 9.57. The summed E-state index contributed by atoms with van der Waals surface area (Å²) in [5.74, 6) is 0.701. The molecule has 0 saturated heterocycles. The first-order chi connectivity index (χ1) is 14.7. The molecule has 2 fully saturated rings. The lowest BCUT2D eigenvalue weighted by atomic mass is 9.66. The van der Waals surface area contributed by atoms with Gasteiger partial charge in [-0.15, -0.1) is 11.3 Å². The highest BCUT2D eigenvalue weighted by Crippen LogP contribution is 2.50. The zero-order chi connectivity index (χ0) is 20.4. The number of hydrogen-bond acceptors (Lipinski definition) is 4. The van der Waals surface area contributed by atoms with Crippen LogP contribution in [0.1, 0.15) is 49.1 Å². The van der Waals surface area contributed by atoms with Crippen LogP contribution in [0.25, 0.3) is 11.3 Å². The number of hydrogen-bond donors (Lipinski definition) is 0. The summed E-state index contributed by atoms with van der Waals surface area (Å²) in [4.78, 5) is 5.03. The smallest absolute Gasteiger partial charge is 0.125 e. The molecule has 0 radical (unpaired) electrons. The molecule has 3 nitrogen and oxygen atoms in total. The van der Waals surface area contributed by atoms with E-state index in [1.807, 2.05) is 24.3 Å². The van der Waals surface area contributed by atoms with E-state index >= 15 is 0 Å². The van der Waals surface area contributed by atoms with Crippen LogP contribution in [0.3, 0.4) is 0 Å². The van der Waals surface area contributed by atoms with E-state index in [1.54, 1.807) is 11.3 Å². The Morgan fingerprint density at radius 3 is 2.27 bits per heavy atom. The van der Waals surface area contributed by atoms with Crippen LogP contribution in [0.15, 0.2) is 66.0 Å². The number of rotatable bonds is 6. The van der Waals surface area contributed by atoms with Crippen molar-refractivity contribution in [3.63, 3.8) is 0 Å². The zero-order valence-electron chi connectivity index (χ0n) is 17.1. The Morgan fingerprint density at radius 2 is 1.63 bits per heavy atom. The third-order valence-electron chi connectivity index (χ3n) is 6.71. The largest absolute Gasteiger partial charge is 0.368 e. The van der Waals surface area contributed by atoms with Gasteiger partial charge in [0, 0.05) is 10.9 Å². The van der Waals surface area contributed by atoms with E-state index in [9.17, 15) is 5.26 Å². The van der Waals surface area contributed by atoms with E-state index < -0.39 is 5.41 Å². The fourth-order valence-electron chi connectivity index (χ4n) is 4.51. The summed E-state index contributed by atoms with van der Waals surface area (Å²) in [6, 6.07) is 23.3. The Kier molecular flexibility index (Phi) is 5.18. The van der Waals surface area contributed by atoms with Gasteiger partial charge in [0.25, 0.3) is 0 Å². The predicted molar refractivity (Wildman–Crippen MR) is 120 cm³/mol. The standard InChI is InChI=1S/C26H26N2OS/c27-19-25(22-9-5-2-6-10-22)13-15-26(16-14-25,29-17-20-11-12-20)24-28-23(18-30-24)21-7-3-1-4-8-21/h1-10,18,20H,11-17H2/t25-,26+. The van der Waals surface area contributed by atoms with Crippen molar-refractivity contribution in [1.82, 2.24) is 4.98 Å². The third-order valence-corrected chi connectivity index (χ3v) is 7.74. The van der Waals surface area contributed by atoms with E-state index in [0.29, 0.717) is 5.92 Å². The summed E-state index contributed by atoms with van der Waals surface area (Å²) in [5, 5.41) is 13.3. The van der Waals surface area contributed by atoms with Gasteiger partial charge >= 0.3 is 0 Å². The molecule has 5 rings (SSSR count). The van der Waals surface area contributed by atoms with E-state index in [-0.39, 0.29) is 5.60 Å². The van der Waals surface area contributed by atoms with Crippen LogP contribution in [-0.2, 0) is 15.8 Å². The maximum Gasteiger partial charge on any atom is 0.125 e. The van der Waals surface area contributed by atoms with Crippen molar-refractivity contribution in [2.45, 2.75) is 49.5 Å². The van der Waals surface area contributed by atoms with Crippen LogP contribution in [0, 0.1) is 17.2 Å². The monoisotopic (exact) mass is 414 g/mol. The predicted octanol–water partition coefficient (Wildman–Crippen LogP) is 6.47. The van der Waals surface area contributed by atoms with Crippen molar-refractivity contribution < 1.29 is 4.74 Å². The fraction of sp³-hybridized carbons (Fsp3) is 0.385. The van der Waals surface area contributed by atoms with E-state index in [4.69, 9.17) is 9.72 Å². The number of ether oxygens (including phenoxy) is 1. The van der Waals surface area contributed by atoms with E-state index in [1.165, 1.54) is 12.8 Å². The topological polar surface area (TPSA) is 45.9 Å². The molecule has 4 heteroatoms. The Morgan fingerprint density at radius 1 is 0.967 bits per heavy atom. The summed E-state index contributed by atoms with van der Waals surface area (Å²) >= 11 is 1.71. The summed E-state index contributed by atoms with van der Waals surface area (Å²) in [5.41, 5.74) is 2.50. The van der Waals surface area contributed by atoms with Crippen LogP contribution >= 0.6 is 11.3 Å². The van der Waals surface area contributed by atoms with Crippen LogP contribution < -0.4 is 0 Å². The molecule has 3 aromatic rings. The Bertz CT molecular complexity index is 1030. The SMILES string of the molecule is N#C[C@]1(c2ccccc2)CC[C@](OCC2CC2)(c2nc(-c3ccccc3)cs2)CC1. The molecule has 0 spiro atoms. The number of aromatic nitrogens is 1. The molecular weight excluding hydrogens is 388 g/mol. The number of thiazole rings is 1. The van der Waals surface area contributed by atoms with E-state index in [0.717, 1.165) is 54.1 Å². The van der Waals surface area contributed by atoms with Gasteiger partial charge in [-0.3, -0.25) is 0 Å². The molecule has 0 bridgehead atoms. The van der Waals surface area contributed by atoms with Gasteiger partial charge in [0.15, 0.2) is 0 Å². The molecule has 0 N–H and O–H groups in total. The molecule has 0 atom stereocenters. The van der Waals surface area contributed by atoms with E-state index in [2.05, 4.69) is 47.8 Å². The van der Waals surface area contributed by atoms with Crippen LogP contribution in [0.2, 0.25) is 0 Å². The summed E-state index contributed by atoms with van der Waals surface area (Å²) in [6.07, 6.45) is 5.83. The van der Waals surface area contributed by atoms with Crippen molar-refractivity contribution in [1.29, 1.82) is 5.26 Å². The number of benzene rings is 2. The maximum atomic E-state index is 10.1. The second kappa shape index (κ2) is 7.98. The van der Waals surface area contributed by atoms with Crippen molar-refractivity contribution in [3.8, 4) is 17.3 Å². The molecular formula is C26H26N2OS. The normalized spacial score (nSPS) is 26.2. The van der Waals surface area contributed by atoms with Gasteiger partial charge in [-0.2, -0.15) is 5.26 Å². The molecule has 152 valence electrons. The van der Waals surface area contributed by atoms with Gasteiger partial charge < -0.3 is 4.74 Å². The molecule has 2 saturated carbocycles. The van der Waals surface area contributed by atoms with Crippen molar-refractivity contribution >= 4 is 11.3 Å². The first-order valence-electron chi connectivity index (χ1n) is 10.9. The first-order valence-corrected chi connectivity index (χ1v) is 11.7. The van der Waals surface area contributed by atoms with Gasteiger partial charge in [-0.1, -0.05) is 60.7 Å². The van der Waals surface area contributed by atoms with Crippen LogP contribution in [-0.4, -0.2) is 11.6 Å². The average Bonchev–Trinajstić information content (AvgIpc) is 3.52. The minimum Gasteiger partial charge on any atom is -0.368 e. The zero-order valence-corrected chi connectivity index (χ0v) is 17.9. The van der Waals surface area contributed by atoms with Crippen molar-refractivity contribution in [2.75, 3.05) is 6.61 Å². The number of nitrogens with zero attached hydrogens (tertiary/aromatic N) is 2. The van der Waals surface area contributed by atoms with Gasteiger partial charge in [-0.25, -0.2) is 4.98 Å². The summed E-state index contributed by atoms with van der Waals surface area (Å²) in [6.45, 7) is 0.811. The molecule has 0 aliphatic heterocycles. The molecule has 1 heterocycles. The van der Waals surface area contributed by atoms with Crippen molar-refractivity contribution in [2.24, 2.45) is 5.92 Å². The highest BCUT2D eigenvalue weighted by molar-refractivity contribution is 7.10. The Labute approximate surface area is 182 Å². The van der Waals surface area contributed by atoms with Gasteiger partial charge in [0.2, 0.25) is 0 Å². The van der Waals surface area contributed by atoms with Crippen LogP contribution in [0.4, 0.5) is 0 Å². The summed E-state index contributed by atoms with van der Waals surface area (Å²) < 4.78 is 6.64. The molecule has 1 aromatic heterocycles. The Balaban J connectivity index is 1.43. The van der Waals surface area contributed by atoms with Gasteiger partial charge in [0.1, 0.15) is 10.6 Å². The minimum atomic E-state index is -0.423. The molecule has 2 aliphatic carbocycles. The summed E-state index contributed by atoms with van der Waals surface area (Å²) in [7, 11) is 0. The second-order valence-electron chi connectivity index (χ2n) is 8.71. The quantitative estimate of drug-likeness (QED) is 0.464. The van der Waals surface area contributed by atoms with Gasteiger partial charge in [0.05, 0.1) is 23.8 Å². The van der Waals surface area contributed by atoms with Gasteiger partial charge in [-0.05, 0) is 50.0 Å². The van der Waals surface area contributed by atoms with Crippen molar-refractivity contribution in [3.05, 3.63) is 76.6 Å². The lowest BCUT2D eigenvalue weighted by molar-refractivity contribution is -0.0880. The maximum absolute atomic E-state index is 10.1. The minimum absolute atomic E-state index is 0.366. The number of nitriles is 1.